The third-order valence-corrected chi connectivity index (χ3v) is 7.62. The molecule has 0 aliphatic heterocycles. The van der Waals surface area contributed by atoms with Gasteiger partial charge >= 0.3 is 11.9 Å². The second-order valence-corrected chi connectivity index (χ2v) is 12.0. The van der Waals surface area contributed by atoms with Crippen LogP contribution >= 0.6 is 0 Å². The number of carbonyl (C=O) groups is 2. The first kappa shape index (κ1) is 28.9. The summed E-state index contributed by atoms with van der Waals surface area (Å²) in [6.45, 7) is 12.1. The van der Waals surface area contributed by atoms with Crippen LogP contribution in [0.1, 0.15) is 72.9 Å². The number of imidazole rings is 1. The Hall–Kier alpha value is -2.67. The minimum Gasteiger partial charge on any atom is -0.459 e. The van der Waals surface area contributed by atoms with Crippen molar-refractivity contribution in [2.24, 2.45) is 36.1 Å². The molecule has 0 fully saturated rings. The minimum absolute atomic E-state index is 0.160. The van der Waals surface area contributed by atoms with E-state index in [1.54, 1.807) is 18.5 Å². The van der Waals surface area contributed by atoms with Gasteiger partial charge in [-0.25, -0.2) is 9.78 Å². The van der Waals surface area contributed by atoms with Crippen LogP contribution in [0.4, 0.5) is 0 Å². The van der Waals surface area contributed by atoms with Gasteiger partial charge in [-0.1, -0.05) is 37.6 Å². The Kier molecular flexibility index (Phi) is 9.57. The summed E-state index contributed by atoms with van der Waals surface area (Å²) in [5, 5.41) is 11.1. The van der Waals surface area contributed by atoms with Crippen molar-refractivity contribution < 1.29 is 24.2 Å². The van der Waals surface area contributed by atoms with E-state index >= 15 is 0 Å². The van der Waals surface area contributed by atoms with Gasteiger partial charge in [0.2, 0.25) is 0 Å². The van der Waals surface area contributed by atoms with Crippen molar-refractivity contribution in [3.8, 4) is 0 Å². The number of nitrogens with zero attached hydrogens (tertiary/aromatic N) is 2. The summed E-state index contributed by atoms with van der Waals surface area (Å²) in [6.07, 6.45) is 13.2. The molecule has 204 valence electrons. The summed E-state index contributed by atoms with van der Waals surface area (Å²) in [4.78, 5) is 29.7. The third kappa shape index (κ3) is 7.91. The van der Waals surface area contributed by atoms with Crippen molar-refractivity contribution in [3.63, 3.8) is 0 Å². The Labute approximate surface area is 221 Å². The number of allylic oxidation sites excluding steroid dienone is 2. The fourth-order valence-electron chi connectivity index (χ4n) is 5.44. The number of carbonyl (C=O) groups excluding carboxylic acids is 2. The van der Waals surface area contributed by atoms with Crippen molar-refractivity contribution in [2.45, 2.75) is 85.5 Å². The zero-order valence-electron chi connectivity index (χ0n) is 23.4. The van der Waals surface area contributed by atoms with E-state index in [0.717, 1.165) is 6.42 Å². The summed E-state index contributed by atoms with van der Waals surface area (Å²) in [5.74, 6) is 0.430. The zero-order chi connectivity index (χ0) is 27.3. The van der Waals surface area contributed by atoms with Gasteiger partial charge in [0, 0.05) is 25.7 Å². The normalized spacial score (nSPS) is 29.9. The van der Waals surface area contributed by atoms with Crippen LogP contribution in [0.2, 0.25) is 0 Å². The highest BCUT2D eigenvalue weighted by Crippen LogP contribution is 2.45. The van der Waals surface area contributed by atoms with E-state index in [4.69, 9.17) is 9.47 Å². The fourth-order valence-corrected chi connectivity index (χ4v) is 5.44. The highest BCUT2D eigenvalue weighted by molar-refractivity contribution is 5.86. The van der Waals surface area contributed by atoms with Gasteiger partial charge in [0.1, 0.15) is 18.3 Å². The molecule has 6 atom stereocenters. The molecule has 1 aromatic heterocycles. The first-order valence-corrected chi connectivity index (χ1v) is 13.4. The number of esters is 2. The van der Waals surface area contributed by atoms with Crippen LogP contribution in [0.5, 0.6) is 0 Å². The maximum Gasteiger partial charge on any atom is 0.331 e. The van der Waals surface area contributed by atoms with Crippen molar-refractivity contribution >= 4 is 18.0 Å². The number of ether oxygens (including phenoxy) is 2. The average Bonchev–Trinajstić information content (AvgIpc) is 3.23. The molecule has 1 N–H and O–H groups in total. The SMILES string of the molecule is CC1=CC[C@H](C(C)C)[C@H]2C[C@H](OC(=O)C(C)(C)C)[C@H](O)/C=C\C[C@@H](OC(=O)/C=C/c3cn(C)cn3)C[C@@H]12. The lowest BCUT2D eigenvalue weighted by molar-refractivity contribution is -0.165. The van der Waals surface area contributed by atoms with Crippen molar-refractivity contribution in [1.82, 2.24) is 9.55 Å². The predicted molar refractivity (Wildman–Crippen MR) is 144 cm³/mol. The Morgan fingerprint density at radius 1 is 1.19 bits per heavy atom. The van der Waals surface area contributed by atoms with Crippen LogP contribution in [0.15, 0.2) is 42.4 Å². The van der Waals surface area contributed by atoms with Crippen LogP contribution in [0.3, 0.4) is 0 Å². The van der Waals surface area contributed by atoms with Gasteiger partial charge in [0.05, 0.1) is 17.4 Å². The maximum absolute atomic E-state index is 12.8. The van der Waals surface area contributed by atoms with Crippen LogP contribution in [-0.2, 0) is 26.1 Å². The number of aryl methyl sites for hydroxylation is 1. The zero-order valence-corrected chi connectivity index (χ0v) is 23.4. The molecule has 2 aliphatic carbocycles. The highest BCUT2D eigenvalue weighted by atomic mass is 16.6. The van der Waals surface area contributed by atoms with Gasteiger partial charge in [-0.15, -0.1) is 0 Å². The summed E-state index contributed by atoms with van der Waals surface area (Å²) in [6, 6.07) is 0. The second-order valence-electron chi connectivity index (χ2n) is 12.0. The van der Waals surface area contributed by atoms with Crippen LogP contribution in [-0.4, -0.2) is 44.9 Å². The molecular weight excluding hydrogens is 468 g/mol. The minimum atomic E-state index is -0.926. The molecule has 37 heavy (non-hydrogen) atoms. The molecule has 0 amide bonds. The molecule has 0 spiro atoms. The molecule has 3 rings (SSSR count). The van der Waals surface area contributed by atoms with E-state index in [0.29, 0.717) is 36.8 Å². The number of aliphatic hydroxyl groups is 1. The number of aromatic nitrogens is 2. The molecule has 0 saturated carbocycles. The summed E-state index contributed by atoms with van der Waals surface area (Å²) < 4.78 is 13.6. The van der Waals surface area contributed by atoms with E-state index in [9.17, 15) is 14.7 Å². The second kappa shape index (κ2) is 12.2. The van der Waals surface area contributed by atoms with Gasteiger partial charge in [-0.2, -0.15) is 0 Å². The quantitative estimate of drug-likeness (QED) is 0.329. The fraction of sp³-hybridized carbons (Fsp3) is 0.633. The molecule has 0 radical (unpaired) electrons. The molecule has 0 unspecified atom stereocenters. The lowest BCUT2D eigenvalue weighted by Crippen LogP contribution is -2.42. The molecule has 0 bridgehead atoms. The van der Waals surface area contributed by atoms with E-state index in [-0.39, 0.29) is 23.9 Å². The van der Waals surface area contributed by atoms with Crippen molar-refractivity contribution in [3.05, 3.63) is 48.1 Å². The van der Waals surface area contributed by atoms with Crippen LogP contribution in [0, 0.1) is 29.1 Å². The first-order valence-electron chi connectivity index (χ1n) is 13.4. The van der Waals surface area contributed by atoms with Crippen molar-refractivity contribution in [1.29, 1.82) is 0 Å². The highest BCUT2D eigenvalue weighted by Gasteiger charge is 2.41. The molecule has 1 heterocycles. The van der Waals surface area contributed by atoms with E-state index in [1.807, 2.05) is 44.7 Å². The lowest BCUT2D eigenvalue weighted by Gasteiger charge is -2.43. The standard InChI is InChI=1S/C30H44N2O5/c1-19(2)23-13-11-20(3)24-15-22(36-28(34)14-12-21-17-32(7)18-31-21)9-8-10-26(33)27(16-25(23)24)37-29(35)30(4,5)6/h8,10-12,14,17-19,22-27,33H,9,13,15-16H2,1-7H3/b10-8-,14-12+/t22-,23-,24+,25-,26-,27+/m1/s1. The topological polar surface area (TPSA) is 90.7 Å². The third-order valence-electron chi connectivity index (χ3n) is 7.62. The number of rotatable bonds is 5. The molecule has 7 nitrogen and oxygen atoms in total. The van der Waals surface area contributed by atoms with Gasteiger partial charge < -0.3 is 19.1 Å². The Bertz CT molecular complexity index is 1030. The van der Waals surface area contributed by atoms with E-state index in [1.165, 1.54) is 11.6 Å². The van der Waals surface area contributed by atoms with Crippen LogP contribution in [0.25, 0.3) is 6.08 Å². The van der Waals surface area contributed by atoms with Crippen LogP contribution < -0.4 is 0 Å². The summed E-state index contributed by atoms with van der Waals surface area (Å²) in [5.41, 5.74) is 1.31. The molecular formula is C30H44N2O5. The first-order chi connectivity index (χ1) is 17.3. The van der Waals surface area contributed by atoms with Gasteiger partial charge in [-0.05, 0) is 76.7 Å². The maximum atomic E-state index is 12.8. The van der Waals surface area contributed by atoms with Gasteiger partial charge in [0.25, 0.3) is 0 Å². The van der Waals surface area contributed by atoms with Crippen molar-refractivity contribution in [2.75, 3.05) is 0 Å². The molecule has 2 aliphatic rings. The number of hydrogen-bond donors (Lipinski definition) is 1. The van der Waals surface area contributed by atoms with E-state index < -0.39 is 23.6 Å². The molecule has 0 aromatic carbocycles. The lowest BCUT2D eigenvalue weighted by atomic mass is 9.64. The Balaban J connectivity index is 1.86. The number of aliphatic hydroxyl groups excluding tert-OH is 1. The molecule has 1 aromatic rings. The number of fused-ring (bicyclic) bond motifs is 1. The average molecular weight is 513 g/mol. The van der Waals surface area contributed by atoms with Gasteiger partial charge in [-0.3, -0.25) is 4.79 Å². The Morgan fingerprint density at radius 2 is 1.92 bits per heavy atom. The largest absolute Gasteiger partial charge is 0.459 e. The van der Waals surface area contributed by atoms with Gasteiger partial charge in [0.15, 0.2) is 0 Å². The monoisotopic (exact) mass is 512 g/mol. The smallest absolute Gasteiger partial charge is 0.331 e. The molecule has 7 heteroatoms. The number of hydrogen-bond acceptors (Lipinski definition) is 6. The van der Waals surface area contributed by atoms with E-state index in [2.05, 4.69) is 31.8 Å². The summed E-state index contributed by atoms with van der Waals surface area (Å²) >= 11 is 0. The molecule has 0 saturated heterocycles. The summed E-state index contributed by atoms with van der Waals surface area (Å²) in [7, 11) is 1.87. The Morgan fingerprint density at radius 3 is 2.54 bits per heavy atom. The predicted octanol–water partition coefficient (Wildman–Crippen LogP) is 5.26.